The van der Waals surface area contributed by atoms with Gasteiger partial charge in [0.05, 0.1) is 5.71 Å². The molecule has 1 aliphatic carbocycles. The number of aromatic carboxylic acids is 2. The van der Waals surface area contributed by atoms with Gasteiger partial charge in [-0.2, -0.15) is 0 Å². The number of anilines is 1. The maximum atomic E-state index is 12.3. The van der Waals surface area contributed by atoms with Crippen LogP contribution >= 0.6 is 0 Å². The van der Waals surface area contributed by atoms with Crippen LogP contribution in [0.5, 0.6) is 0 Å². The third kappa shape index (κ3) is 4.47. The van der Waals surface area contributed by atoms with Gasteiger partial charge in [0.1, 0.15) is 25.5 Å². The molecule has 5 rings (SSSR count). The Morgan fingerprint density at radius 2 is 1.84 bits per heavy atom. The summed E-state index contributed by atoms with van der Waals surface area (Å²) in [6.07, 6.45) is 12.8. The first-order valence-corrected chi connectivity index (χ1v) is 16.4. The van der Waals surface area contributed by atoms with Crippen LogP contribution in [0.2, 0.25) is 13.1 Å². The number of fused-ring (bicyclic) bond motifs is 2. The highest BCUT2D eigenvalue weighted by molar-refractivity contribution is 6.98. The predicted molar refractivity (Wildman–Crippen MR) is 153 cm³/mol. The fourth-order valence-electron chi connectivity index (χ4n) is 5.82. The number of benzene rings is 1. The second-order valence-corrected chi connectivity index (χ2v) is 15.0. The molecule has 2 aliphatic heterocycles. The van der Waals surface area contributed by atoms with Gasteiger partial charge in [0, 0.05) is 30.9 Å². The highest BCUT2D eigenvalue weighted by Crippen LogP contribution is 2.43. The maximum Gasteiger partial charge on any atom is 0.340 e. The molecule has 198 valence electrons. The Labute approximate surface area is 223 Å². The minimum Gasteiger partial charge on any atom is -0.478 e. The van der Waals surface area contributed by atoms with E-state index < -0.39 is 20.0 Å². The van der Waals surface area contributed by atoms with Gasteiger partial charge >= 0.3 is 11.9 Å². The standard InChI is InChI=1S/C30H34N2O5Si/c1-4-5-6-13-31-19-9-11-21-24(16-19)38(2,3)25-17-20(32-14-7-8-15-32)10-12-22(25)26(21)28-27(30(35)36)23(18-37-28)29(33)34/h9-12,16-18H,4-8,13-15H2,1-3H3,(H,33,34)(H,35,36)/b31-19-. The van der Waals surface area contributed by atoms with Crippen molar-refractivity contribution in [3.8, 4) is 0 Å². The van der Waals surface area contributed by atoms with E-state index >= 15 is 0 Å². The summed E-state index contributed by atoms with van der Waals surface area (Å²) >= 11 is 0. The van der Waals surface area contributed by atoms with Gasteiger partial charge in [-0.05, 0) is 65.1 Å². The number of rotatable bonds is 8. The van der Waals surface area contributed by atoms with Crippen LogP contribution in [-0.4, -0.2) is 55.6 Å². The number of carboxylic acid groups (broad SMARTS) is 2. The van der Waals surface area contributed by atoms with Gasteiger partial charge < -0.3 is 19.5 Å². The second-order valence-electron chi connectivity index (χ2n) is 10.7. The molecule has 1 fully saturated rings. The third-order valence-corrected chi connectivity index (χ3v) is 11.4. The van der Waals surface area contributed by atoms with Crippen LogP contribution in [0.25, 0.3) is 5.57 Å². The molecule has 0 unspecified atom stereocenters. The van der Waals surface area contributed by atoms with Gasteiger partial charge in [-0.1, -0.05) is 45.0 Å². The summed E-state index contributed by atoms with van der Waals surface area (Å²) in [4.78, 5) is 31.4. The number of carboxylic acids is 2. The molecule has 0 spiro atoms. The zero-order valence-electron chi connectivity index (χ0n) is 22.2. The molecule has 3 heterocycles. The fraction of sp³-hybridized carbons (Fsp3) is 0.367. The average Bonchev–Trinajstić information content (AvgIpc) is 3.58. The Kier molecular flexibility index (Phi) is 7.01. The average molecular weight is 531 g/mol. The lowest BCUT2D eigenvalue weighted by atomic mass is 9.90. The lowest BCUT2D eigenvalue weighted by molar-refractivity contribution is 0.0652. The minimum absolute atomic E-state index is 0.0865. The first-order valence-electron chi connectivity index (χ1n) is 13.4. The molecule has 8 heteroatoms. The van der Waals surface area contributed by atoms with E-state index in [0.717, 1.165) is 67.2 Å². The summed E-state index contributed by atoms with van der Waals surface area (Å²) in [6, 6.07) is 6.43. The molecule has 7 nitrogen and oxygen atoms in total. The van der Waals surface area contributed by atoms with Crippen molar-refractivity contribution < 1.29 is 24.2 Å². The number of furan rings is 1. The van der Waals surface area contributed by atoms with Crippen LogP contribution in [0.15, 0.2) is 62.9 Å². The van der Waals surface area contributed by atoms with Crippen LogP contribution in [0, 0.1) is 0 Å². The number of unbranched alkanes of at least 4 members (excludes halogenated alkanes) is 2. The number of nitrogens with zero attached hydrogens (tertiary/aromatic N) is 2. The Bertz CT molecular complexity index is 1420. The fourth-order valence-corrected chi connectivity index (χ4v) is 8.89. The highest BCUT2D eigenvalue weighted by Gasteiger charge is 2.42. The van der Waals surface area contributed by atoms with E-state index in [1.54, 1.807) is 0 Å². The summed E-state index contributed by atoms with van der Waals surface area (Å²) in [5.41, 5.74) is 3.88. The largest absolute Gasteiger partial charge is 0.478 e. The molecule has 0 saturated carbocycles. The Morgan fingerprint density at radius 3 is 2.53 bits per heavy atom. The molecule has 0 amide bonds. The van der Waals surface area contributed by atoms with E-state index in [1.165, 1.54) is 23.7 Å². The van der Waals surface area contributed by atoms with Gasteiger partial charge in [0.2, 0.25) is 0 Å². The number of aliphatic imine (C=N–C) groups is 1. The number of carbonyl (C=O) groups is 2. The second kappa shape index (κ2) is 10.2. The first-order chi connectivity index (χ1) is 18.2. The molecule has 1 saturated heterocycles. The van der Waals surface area contributed by atoms with E-state index in [0.29, 0.717) is 5.57 Å². The van der Waals surface area contributed by atoms with Crippen molar-refractivity contribution in [1.29, 1.82) is 0 Å². The Balaban J connectivity index is 1.74. The van der Waals surface area contributed by atoms with Crippen LogP contribution in [0.4, 0.5) is 5.69 Å². The molecule has 1 aromatic heterocycles. The van der Waals surface area contributed by atoms with E-state index in [-0.39, 0.29) is 16.9 Å². The quantitative estimate of drug-likeness (QED) is 0.337. The van der Waals surface area contributed by atoms with Gasteiger partial charge in [-0.25, -0.2) is 9.59 Å². The third-order valence-electron chi connectivity index (χ3n) is 7.88. The SMILES string of the molecule is CCCCC/N=C1/C=CC2=C(c3occ(C(=O)O)c3C(=O)O)c3ccc(N4CCCC4)cc3[Si](C)(C)C2=C1. The summed E-state index contributed by atoms with van der Waals surface area (Å²) in [5.74, 6) is -2.56. The molecule has 0 radical (unpaired) electrons. The number of hydrogen-bond donors (Lipinski definition) is 2. The lowest BCUT2D eigenvalue weighted by Gasteiger charge is -2.38. The summed E-state index contributed by atoms with van der Waals surface area (Å²) in [7, 11) is -2.25. The Morgan fingerprint density at radius 1 is 1.08 bits per heavy atom. The molecule has 0 atom stereocenters. The van der Waals surface area contributed by atoms with Crippen LogP contribution in [0.3, 0.4) is 0 Å². The minimum atomic E-state index is -2.25. The number of allylic oxidation sites excluding steroid dienone is 5. The van der Waals surface area contributed by atoms with Crippen molar-refractivity contribution in [2.75, 3.05) is 24.5 Å². The molecule has 2 aromatic rings. The molecular weight excluding hydrogens is 496 g/mol. The van der Waals surface area contributed by atoms with Crippen molar-refractivity contribution in [3.05, 3.63) is 75.9 Å². The Hall–Kier alpha value is -3.65. The molecule has 0 bridgehead atoms. The van der Waals surface area contributed by atoms with Gasteiger partial charge in [0.15, 0.2) is 5.76 Å². The van der Waals surface area contributed by atoms with Crippen molar-refractivity contribution >= 4 is 42.2 Å². The number of hydrogen-bond acceptors (Lipinski definition) is 5. The highest BCUT2D eigenvalue weighted by atomic mass is 28.3. The van der Waals surface area contributed by atoms with Crippen LogP contribution in [-0.2, 0) is 0 Å². The van der Waals surface area contributed by atoms with Gasteiger partial charge in [-0.3, -0.25) is 4.99 Å². The zero-order chi connectivity index (χ0) is 27.0. The van der Waals surface area contributed by atoms with Gasteiger partial charge in [-0.15, -0.1) is 0 Å². The molecular formula is C30H34N2O5Si. The smallest absolute Gasteiger partial charge is 0.340 e. The van der Waals surface area contributed by atoms with Crippen LogP contribution in [0.1, 0.15) is 71.1 Å². The van der Waals surface area contributed by atoms with Crippen molar-refractivity contribution in [1.82, 2.24) is 0 Å². The molecule has 2 N–H and O–H groups in total. The maximum absolute atomic E-state index is 12.3. The van der Waals surface area contributed by atoms with Crippen molar-refractivity contribution in [3.63, 3.8) is 0 Å². The lowest BCUT2D eigenvalue weighted by Crippen LogP contribution is -2.49. The van der Waals surface area contributed by atoms with Crippen LogP contribution < -0.4 is 10.1 Å². The molecule has 3 aliphatic rings. The zero-order valence-corrected chi connectivity index (χ0v) is 23.2. The summed E-state index contributed by atoms with van der Waals surface area (Å²) < 4.78 is 5.77. The monoisotopic (exact) mass is 530 g/mol. The molecule has 38 heavy (non-hydrogen) atoms. The van der Waals surface area contributed by atoms with Crippen molar-refractivity contribution in [2.24, 2.45) is 4.99 Å². The molecule has 1 aromatic carbocycles. The summed E-state index contributed by atoms with van der Waals surface area (Å²) in [6.45, 7) is 9.63. The van der Waals surface area contributed by atoms with E-state index in [2.05, 4.69) is 49.2 Å². The first kappa shape index (κ1) is 26.0. The normalized spacial score (nSPS) is 19.0. The predicted octanol–water partition coefficient (Wildman–Crippen LogP) is 5.67. The van der Waals surface area contributed by atoms with E-state index in [4.69, 9.17) is 9.41 Å². The van der Waals surface area contributed by atoms with Crippen molar-refractivity contribution in [2.45, 2.75) is 52.1 Å². The van der Waals surface area contributed by atoms with E-state index in [9.17, 15) is 19.8 Å². The van der Waals surface area contributed by atoms with E-state index in [1.807, 2.05) is 12.2 Å². The topological polar surface area (TPSA) is 103 Å². The summed E-state index contributed by atoms with van der Waals surface area (Å²) in [5, 5.41) is 22.1. The van der Waals surface area contributed by atoms with Gasteiger partial charge in [0.25, 0.3) is 0 Å².